The van der Waals surface area contributed by atoms with Gasteiger partial charge in [-0.3, -0.25) is 14.4 Å². The number of methoxy groups -OCH3 is 1. The van der Waals surface area contributed by atoms with Crippen molar-refractivity contribution >= 4 is 23.4 Å². The van der Waals surface area contributed by atoms with Crippen molar-refractivity contribution in [2.75, 3.05) is 39.2 Å². The average molecular weight is 432 g/mol. The van der Waals surface area contributed by atoms with Gasteiger partial charge in [0.1, 0.15) is 12.4 Å². The number of hydrogen-bond donors (Lipinski definition) is 1. The number of benzene rings is 1. The molecule has 0 spiro atoms. The molecule has 1 aromatic carbocycles. The topological polar surface area (TPSA) is 88.2 Å². The summed E-state index contributed by atoms with van der Waals surface area (Å²) in [5.41, 5.74) is 1.01. The fourth-order valence-corrected chi connectivity index (χ4v) is 3.88. The number of nitrogens with one attached hydrogen (secondary N) is 1. The second-order valence-electron chi connectivity index (χ2n) is 8.74. The van der Waals surface area contributed by atoms with Gasteiger partial charge in [0.15, 0.2) is 0 Å². The molecule has 3 atom stereocenters. The molecule has 0 saturated heterocycles. The van der Waals surface area contributed by atoms with Crippen molar-refractivity contribution in [3.63, 3.8) is 0 Å². The number of carbonyl (C=O) groups is 3. The molecule has 3 amide bonds. The van der Waals surface area contributed by atoms with Crippen LogP contribution in [-0.2, 0) is 14.3 Å². The Morgan fingerprint density at radius 2 is 1.90 bits per heavy atom. The molecule has 1 N–H and O–H groups in total. The maximum absolute atomic E-state index is 13.2. The maximum Gasteiger partial charge on any atom is 0.257 e. The minimum absolute atomic E-state index is 0.00963. The fraction of sp³-hybridized carbons (Fsp3) is 0.609. The Hall–Kier alpha value is -2.61. The molecule has 1 fully saturated rings. The summed E-state index contributed by atoms with van der Waals surface area (Å²) in [6, 6.07) is 4.90. The Bertz CT molecular complexity index is 839. The second-order valence-corrected chi connectivity index (χ2v) is 8.74. The summed E-state index contributed by atoms with van der Waals surface area (Å²) in [7, 11) is 3.35. The number of rotatable bonds is 3. The van der Waals surface area contributed by atoms with Crippen LogP contribution in [0.5, 0.6) is 5.75 Å². The van der Waals surface area contributed by atoms with E-state index in [-0.39, 0.29) is 48.3 Å². The lowest BCUT2D eigenvalue weighted by Crippen LogP contribution is -2.48. The third kappa shape index (κ3) is 5.55. The average Bonchev–Trinajstić information content (AvgIpc) is 3.58. The lowest BCUT2D eigenvalue weighted by atomic mass is 10.0. The zero-order chi connectivity index (χ0) is 22.7. The molecular formula is C23H33N3O5. The number of likely N-dealkylation sites (N-methyl/N-ethyl adjacent to an activating group) is 1. The van der Waals surface area contributed by atoms with E-state index in [0.717, 1.165) is 12.8 Å². The summed E-state index contributed by atoms with van der Waals surface area (Å²) in [5.74, 6) is 0.274. The Morgan fingerprint density at radius 1 is 1.19 bits per heavy atom. The van der Waals surface area contributed by atoms with E-state index < -0.39 is 0 Å². The quantitative estimate of drug-likeness (QED) is 0.794. The smallest absolute Gasteiger partial charge is 0.257 e. The van der Waals surface area contributed by atoms with Crippen molar-refractivity contribution in [1.29, 1.82) is 0 Å². The predicted molar refractivity (Wildman–Crippen MR) is 117 cm³/mol. The van der Waals surface area contributed by atoms with E-state index in [4.69, 9.17) is 9.47 Å². The highest BCUT2D eigenvalue weighted by atomic mass is 16.5. The Kier molecular flexibility index (Phi) is 7.20. The lowest BCUT2D eigenvalue weighted by Gasteiger charge is -2.35. The third-order valence-corrected chi connectivity index (χ3v) is 6.07. The van der Waals surface area contributed by atoms with Crippen LogP contribution in [0.3, 0.4) is 0 Å². The van der Waals surface area contributed by atoms with Gasteiger partial charge in [0.2, 0.25) is 11.8 Å². The number of anilines is 1. The van der Waals surface area contributed by atoms with Crippen molar-refractivity contribution in [2.24, 2.45) is 11.8 Å². The van der Waals surface area contributed by atoms with Crippen LogP contribution in [0.15, 0.2) is 18.2 Å². The molecule has 0 bridgehead atoms. The van der Waals surface area contributed by atoms with Crippen LogP contribution in [0.2, 0.25) is 0 Å². The molecule has 1 aliphatic heterocycles. The second kappa shape index (κ2) is 9.68. The normalized spacial score (nSPS) is 25.1. The van der Waals surface area contributed by atoms with Crippen molar-refractivity contribution < 1.29 is 23.9 Å². The van der Waals surface area contributed by atoms with Crippen LogP contribution in [-0.4, -0.2) is 73.5 Å². The number of amides is 3. The molecule has 8 nitrogen and oxygen atoms in total. The predicted octanol–water partition coefficient (Wildman–Crippen LogP) is 2.39. The summed E-state index contributed by atoms with van der Waals surface area (Å²) < 4.78 is 11.7. The molecule has 1 aliphatic carbocycles. The van der Waals surface area contributed by atoms with Gasteiger partial charge in [-0.1, -0.05) is 6.92 Å². The lowest BCUT2D eigenvalue weighted by molar-refractivity contribution is -0.133. The van der Waals surface area contributed by atoms with Gasteiger partial charge >= 0.3 is 0 Å². The molecule has 0 radical (unpaired) electrons. The van der Waals surface area contributed by atoms with Gasteiger partial charge in [-0.25, -0.2) is 0 Å². The maximum atomic E-state index is 13.2. The Balaban J connectivity index is 1.92. The third-order valence-electron chi connectivity index (χ3n) is 6.07. The van der Waals surface area contributed by atoms with Crippen molar-refractivity contribution in [1.82, 2.24) is 9.80 Å². The monoisotopic (exact) mass is 431 g/mol. The summed E-state index contributed by atoms with van der Waals surface area (Å²) >= 11 is 0. The molecule has 0 aromatic heterocycles. The van der Waals surface area contributed by atoms with E-state index in [0.29, 0.717) is 30.1 Å². The molecule has 1 heterocycles. The number of hydrogen-bond acceptors (Lipinski definition) is 5. The van der Waals surface area contributed by atoms with Gasteiger partial charge < -0.3 is 24.6 Å². The highest BCUT2D eigenvalue weighted by Gasteiger charge is 2.31. The molecule has 170 valence electrons. The van der Waals surface area contributed by atoms with Crippen LogP contribution in [0.4, 0.5) is 5.69 Å². The van der Waals surface area contributed by atoms with Crippen LogP contribution in [0.1, 0.15) is 44.0 Å². The molecule has 8 heteroatoms. The first kappa shape index (κ1) is 23.1. The Labute approximate surface area is 183 Å². The van der Waals surface area contributed by atoms with Gasteiger partial charge in [0.05, 0.1) is 17.7 Å². The van der Waals surface area contributed by atoms with E-state index in [2.05, 4.69) is 5.32 Å². The number of carbonyl (C=O) groups excluding carboxylic acids is 3. The van der Waals surface area contributed by atoms with Crippen molar-refractivity contribution in [2.45, 2.75) is 45.8 Å². The summed E-state index contributed by atoms with van der Waals surface area (Å²) in [6.07, 6.45) is 1.60. The summed E-state index contributed by atoms with van der Waals surface area (Å²) in [6.45, 7) is 6.61. The molecular weight excluding hydrogens is 398 g/mol. The van der Waals surface area contributed by atoms with E-state index in [1.54, 1.807) is 49.1 Å². The molecule has 1 aromatic rings. The largest absolute Gasteiger partial charge is 0.491 e. The zero-order valence-corrected chi connectivity index (χ0v) is 19.0. The minimum atomic E-state index is -0.219. The van der Waals surface area contributed by atoms with Crippen LogP contribution < -0.4 is 10.1 Å². The molecule has 1 saturated carbocycles. The number of ether oxygens (including phenoxy) is 2. The SMILES string of the molecule is CO[C@@H]1CN(C)C(=O)c2ccc(NC(=O)C3CC3)cc2OC[C@H](C)N(C(C)=O)C[C@@H]1C. The minimum Gasteiger partial charge on any atom is -0.491 e. The van der Waals surface area contributed by atoms with Gasteiger partial charge in [-0.05, 0) is 31.9 Å². The number of nitrogens with zero attached hydrogens (tertiary/aromatic N) is 2. The van der Waals surface area contributed by atoms with E-state index in [1.165, 1.54) is 0 Å². The van der Waals surface area contributed by atoms with E-state index in [1.807, 2.05) is 13.8 Å². The summed E-state index contributed by atoms with van der Waals surface area (Å²) in [5, 5.41) is 2.90. The Morgan fingerprint density at radius 3 is 2.52 bits per heavy atom. The van der Waals surface area contributed by atoms with E-state index in [9.17, 15) is 14.4 Å². The molecule has 31 heavy (non-hydrogen) atoms. The first-order valence-electron chi connectivity index (χ1n) is 10.8. The first-order valence-corrected chi connectivity index (χ1v) is 10.8. The van der Waals surface area contributed by atoms with Crippen molar-refractivity contribution in [3.05, 3.63) is 23.8 Å². The van der Waals surface area contributed by atoms with Gasteiger partial charge in [0, 0.05) is 57.8 Å². The van der Waals surface area contributed by atoms with Gasteiger partial charge in [-0.2, -0.15) is 0 Å². The highest BCUT2D eigenvalue weighted by molar-refractivity contribution is 5.99. The zero-order valence-electron chi connectivity index (χ0n) is 19.0. The summed E-state index contributed by atoms with van der Waals surface area (Å²) in [4.78, 5) is 41.0. The standard InChI is InChI=1S/C23H33N3O5/c1-14-11-26(16(3)27)15(2)13-31-20-10-18(24-22(28)17-6-7-17)8-9-19(20)23(29)25(4)12-21(14)30-5/h8-10,14-15,17,21H,6-7,11-13H2,1-5H3,(H,24,28)/t14-,15-,21+/m0/s1. The first-order chi connectivity index (χ1) is 14.7. The fourth-order valence-electron chi connectivity index (χ4n) is 3.88. The van der Waals surface area contributed by atoms with Crippen LogP contribution in [0.25, 0.3) is 0 Å². The molecule has 0 unspecified atom stereocenters. The van der Waals surface area contributed by atoms with Gasteiger partial charge in [-0.15, -0.1) is 0 Å². The molecule has 3 rings (SSSR count). The van der Waals surface area contributed by atoms with Gasteiger partial charge in [0.25, 0.3) is 5.91 Å². The number of fused-ring (bicyclic) bond motifs is 1. The highest BCUT2D eigenvalue weighted by Crippen LogP contribution is 2.32. The molecule has 2 aliphatic rings. The van der Waals surface area contributed by atoms with Crippen LogP contribution >= 0.6 is 0 Å². The van der Waals surface area contributed by atoms with Crippen LogP contribution in [0, 0.1) is 11.8 Å². The van der Waals surface area contributed by atoms with E-state index >= 15 is 0 Å². The van der Waals surface area contributed by atoms with Crippen molar-refractivity contribution in [3.8, 4) is 5.75 Å².